The Morgan fingerprint density at radius 3 is 2.87 bits per heavy atom. The second-order valence-electron chi connectivity index (χ2n) is 4.84. The SMILES string of the molecule is Clc1cccc(C2CNC(C3CC3)C2)c1. The van der Waals surface area contributed by atoms with E-state index in [-0.39, 0.29) is 0 Å². The second-order valence-corrected chi connectivity index (χ2v) is 5.28. The minimum Gasteiger partial charge on any atom is -0.313 e. The maximum atomic E-state index is 6.01. The van der Waals surface area contributed by atoms with Crippen molar-refractivity contribution in [2.45, 2.75) is 31.2 Å². The molecule has 1 aromatic rings. The van der Waals surface area contributed by atoms with Gasteiger partial charge in [0.25, 0.3) is 0 Å². The fourth-order valence-electron chi connectivity index (χ4n) is 2.64. The van der Waals surface area contributed by atoms with E-state index in [0.29, 0.717) is 5.92 Å². The Labute approximate surface area is 95.8 Å². The molecule has 3 rings (SSSR count). The third kappa shape index (κ3) is 2.04. The predicted octanol–water partition coefficient (Wildman–Crippen LogP) is 3.20. The lowest BCUT2D eigenvalue weighted by molar-refractivity contribution is 0.535. The van der Waals surface area contributed by atoms with Crippen LogP contribution < -0.4 is 5.32 Å². The largest absolute Gasteiger partial charge is 0.313 e. The van der Waals surface area contributed by atoms with Crippen LogP contribution in [0, 0.1) is 5.92 Å². The fraction of sp³-hybridized carbons (Fsp3) is 0.538. The highest BCUT2D eigenvalue weighted by atomic mass is 35.5. The molecular formula is C13H16ClN. The van der Waals surface area contributed by atoms with Crippen LogP contribution in [0.25, 0.3) is 0 Å². The van der Waals surface area contributed by atoms with Gasteiger partial charge in [-0.25, -0.2) is 0 Å². The number of halogens is 1. The Kier molecular flexibility index (Phi) is 2.45. The summed E-state index contributed by atoms with van der Waals surface area (Å²) in [5, 5.41) is 4.51. The molecule has 0 aromatic heterocycles. The Morgan fingerprint density at radius 1 is 1.27 bits per heavy atom. The molecule has 1 nitrogen and oxygen atoms in total. The van der Waals surface area contributed by atoms with Crippen LogP contribution in [0.3, 0.4) is 0 Å². The Bertz CT molecular complexity index is 359. The van der Waals surface area contributed by atoms with E-state index in [0.717, 1.165) is 23.5 Å². The van der Waals surface area contributed by atoms with Crippen molar-refractivity contribution in [2.75, 3.05) is 6.54 Å². The predicted molar refractivity (Wildman–Crippen MR) is 63.3 cm³/mol. The summed E-state index contributed by atoms with van der Waals surface area (Å²) in [6.07, 6.45) is 4.16. The van der Waals surface area contributed by atoms with Gasteiger partial charge >= 0.3 is 0 Å². The lowest BCUT2D eigenvalue weighted by Gasteiger charge is -2.10. The quantitative estimate of drug-likeness (QED) is 0.809. The summed E-state index contributed by atoms with van der Waals surface area (Å²) in [5.74, 6) is 1.64. The lowest BCUT2D eigenvalue weighted by atomic mass is 9.95. The molecule has 15 heavy (non-hydrogen) atoms. The van der Waals surface area contributed by atoms with Gasteiger partial charge in [-0.1, -0.05) is 23.7 Å². The van der Waals surface area contributed by atoms with Crippen LogP contribution in [0.5, 0.6) is 0 Å². The molecule has 2 heteroatoms. The molecule has 1 N–H and O–H groups in total. The zero-order valence-corrected chi connectivity index (χ0v) is 9.50. The molecular weight excluding hydrogens is 206 g/mol. The van der Waals surface area contributed by atoms with Crippen molar-refractivity contribution in [3.63, 3.8) is 0 Å². The molecule has 2 unspecified atom stereocenters. The normalized spacial score (nSPS) is 30.7. The van der Waals surface area contributed by atoms with Gasteiger partial charge in [-0.3, -0.25) is 0 Å². The van der Waals surface area contributed by atoms with E-state index in [9.17, 15) is 0 Å². The lowest BCUT2D eigenvalue weighted by Crippen LogP contribution is -2.22. The maximum Gasteiger partial charge on any atom is 0.0408 e. The molecule has 1 aromatic carbocycles. The van der Waals surface area contributed by atoms with Gasteiger partial charge in [-0.15, -0.1) is 0 Å². The topological polar surface area (TPSA) is 12.0 Å². The van der Waals surface area contributed by atoms with Crippen LogP contribution in [0.2, 0.25) is 5.02 Å². The minimum absolute atomic E-state index is 0.675. The van der Waals surface area contributed by atoms with Gasteiger partial charge in [0.2, 0.25) is 0 Å². The Hall–Kier alpha value is -0.530. The molecule has 1 heterocycles. The number of benzene rings is 1. The number of rotatable bonds is 2. The number of hydrogen-bond acceptors (Lipinski definition) is 1. The molecule has 80 valence electrons. The van der Waals surface area contributed by atoms with Gasteiger partial charge in [0.15, 0.2) is 0 Å². The summed E-state index contributed by atoms with van der Waals surface area (Å²) in [6, 6.07) is 9.10. The van der Waals surface area contributed by atoms with Gasteiger partial charge in [-0.05, 0) is 48.8 Å². The second kappa shape index (κ2) is 3.80. The first kappa shape index (κ1) is 9.68. The molecule has 2 aliphatic rings. The molecule has 2 fully saturated rings. The van der Waals surface area contributed by atoms with Gasteiger partial charge in [-0.2, -0.15) is 0 Å². The van der Waals surface area contributed by atoms with E-state index in [2.05, 4.69) is 23.5 Å². The van der Waals surface area contributed by atoms with Crippen molar-refractivity contribution < 1.29 is 0 Å². The molecule has 2 atom stereocenters. The number of nitrogens with one attached hydrogen (secondary N) is 1. The molecule has 1 saturated carbocycles. The standard InChI is InChI=1S/C13H16ClN/c14-12-3-1-2-10(6-12)11-7-13(15-8-11)9-4-5-9/h1-3,6,9,11,13,15H,4-5,7-8H2. The molecule has 0 radical (unpaired) electrons. The van der Waals surface area contributed by atoms with E-state index in [1.165, 1.54) is 24.8 Å². The molecule has 0 spiro atoms. The summed E-state index contributed by atoms with van der Waals surface area (Å²) in [4.78, 5) is 0. The Morgan fingerprint density at radius 2 is 2.13 bits per heavy atom. The highest BCUT2D eigenvalue weighted by Crippen LogP contribution is 2.40. The van der Waals surface area contributed by atoms with Crippen LogP contribution in [0.1, 0.15) is 30.7 Å². The minimum atomic E-state index is 0.675. The zero-order chi connectivity index (χ0) is 10.3. The fourth-order valence-corrected chi connectivity index (χ4v) is 2.84. The van der Waals surface area contributed by atoms with Crippen LogP contribution >= 0.6 is 11.6 Å². The molecule has 1 aliphatic heterocycles. The molecule has 0 bridgehead atoms. The summed E-state index contributed by atoms with van der Waals surface area (Å²) >= 11 is 6.01. The van der Waals surface area contributed by atoms with Crippen molar-refractivity contribution >= 4 is 11.6 Å². The van der Waals surface area contributed by atoms with Crippen molar-refractivity contribution in [3.05, 3.63) is 34.9 Å². The van der Waals surface area contributed by atoms with Gasteiger partial charge in [0, 0.05) is 17.6 Å². The highest BCUT2D eigenvalue weighted by Gasteiger charge is 2.36. The van der Waals surface area contributed by atoms with E-state index in [1.54, 1.807) is 0 Å². The van der Waals surface area contributed by atoms with Gasteiger partial charge in [0.05, 0.1) is 0 Å². The van der Waals surface area contributed by atoms with Crippen molar-refractivity contribution in [3.8, 4) is 0 Å². The average molecular weight is 222 g/mol. The Balaban J connectivity index is 1.72. The van der Waals surface area contributed by atoms with Crippen LogP contribution in [-0.4, -0.2) is 12.6 Å². The van der Waals surface area contributed by atoms with Crippen LogP contribution in [-0.2, 0) is 0 Å². The van der Waals surface area contributed by atoms with Crippen molar-refractivity contribution in [1.29, 1.82) is 0 Å². The van der Waals surface area contributed by atoms with Crippen molar-refractivity contribution in [2.24, 2.45) is 5.92 Å². The maximum absolute atomic E-state index is 6.01. The summed E-state index contributed by atoms with van der Waals surface area (Å²) in [5.41, 5.74) is 1.40. The summed E-state index contributed by atoms with van der Waals surface area (Å²) in [7, 11) is 0. The number of hydrogen-bond donors (Lipinski definition) is 1. The van der Waals surface area contributed by atoms with E-state index in [1.807, 2.05) is 6.07 Å². The first-order valence-electron chi connectivity index (χ1n) is 5.82. The van der Waals surface area contributed by atoms with E-state index in [4.69, 9.17) is 11.6 Å². The van der Waals surface area contributed by atoms with E-state index >= 15 is 0 Å². The van der Waals surface area contributed by atoms with E-state index < -0.39 is 0 Å². The highest BCUT2D eigenvalue weighted by molar-refractivity contribution is 6.30. The molecule has 1 aliphatic carbocycles. The van der Waals surface area contributed by atoms with Crippen LogP contribution in [0.15, 0.2) is 24.3 Å². The smallest absolute Gasteiger partial charge is 0.0408 e. The molecule has 1 saturated heterocycles. The average Bonchev–Trinajstić information content (AvgIpc) is 2.97. The first-order valence-corrected chi connectivity index (χ1v) is 6.19. The van der Waals surface area contributed by atoms with Crippen molar-refractivity contribution in [1.82, 2.24) is 5.32 Å². The monoisotopic (exact) mass is 221 g/mol. The van der Waals surface area contributed by atoms with Crippen LogP contribution in [0.4, 0.5) is 0 Å². The van der Waals surface area contributed by atoms with Gasteiger partial charge < -0.3 is 5.32 Å². The van der Waals surface area contributed by atoms with Gasteiger partial charge in [0.1, 0.15) is 0 Å². The summed E-state index contributed by atoms with van der Waals surface area (Å²) < 4.78 is 0. The third-order valence-electron chi connectivity index (χ3n) is 3.68. The first-order chi connectivity index (χ1) is 7.33. The summed E-state index contributed by atoms with van der Waals surface area (Å²) in [6.45, 7) is 1.13. The third-order valence-corrected chi connectivity index (χ3v) is 3.91. The molecule has 0 amide bonds. The zero-order valence-electron chi connectivity index (χ0n) is 8.75.